The zero-order valence-corrected chi connectivity index (χ0v) is 21.3. The third-order valence-electron chi connectivity index (χ3n) is 7.24. The summed E-state index contributed by atoms with van der Waals surface area (Å²) in [5, 5.41) is 2.93. The molecule has 0 saturated carbocycles. The number of carbonyl (C=O) groups is 1. The lowest BCUT2D eigenvalue weighted by atomic mass is 9.95. The van der Waals surface area contributed by atoms with Crippen LogP contribution in [-0.2, 0) is 18.4 Å². The molecule has 0 aliphatic carbocycles. The van der Waals surface area contributed by atoms with Gasteiger partial charge in [-0.1, -0.05) is 48.5 Å². The smallest absolute Gasteiger partial charge is 0.295 e. The first-order chi connectivity index (χ1) is 16.8. The fourth-order valence-corrected chi connectivity index (χ4v) is 5.03. The summed E-state index contributed by atoms with van der Waals surface area (Å²) in [7, 11) is 4.02. The molecule has 1 aliphatic heterocycles. The quantitative estimate of drug-likeness (QED) is 0.540. The highest BCUT2D eigenvalue weighted by molar-refractivity contribution is 5.95. The van der Waals surface area contributed by atoms with Crippen LogP contribution in [0, 0.1) is 12.8 Å². The van der Waals surface area contributed by atoms with Gasteiger partial charge in [0.25, 0.3) is 5.56 Å². The van der Waals surface area contributed by atoms with Crippen LogP contribution in [0.2, 0.25) is 0 Å². The van der Waals surface area contributed by atoms with Crippen molar-refractivity contribution in [3.8, 4) is 5.69 Å². The first-order valence-electron chi connectivity index (χ1n) is 12.5. The standard InChI is InChI=1S/C28H37N5O2/c1-21-26(28(35)33(31(21)4)25-13-9-6-10-14-25)29-27(34)22(2)32-17-15-24(16-18-32)20-30(3)19-23-11-7-5-8-12-23/h5-14,22,24H,15-20H2,1-4H3,(H,29,34). The zero-order valence-electron chi connectivity index (χ0n) is 21.3. The predicted octanol–water partition coefficient (Wildman–Crippen LogP) is 3.66. The van der Waals surface area contributed by atoms with Crippen LogP contribution in [0.25, 0.3) is 5.69 Å². The van der Waals surface area contributed by atoms with Crippen molar-refractivity contribution in [1.82, 2.24) is 19.2 Å². The van der Waals surface area contributed by atoms with Gasteiger partial charge in [-0.05, 0) is 70.4 Å². The first kappa shape index (κ1) is 24.9. The molecule has 1 N–H and O–H groups in total. The molecule has 186 valence electrons. The van der Waals surface area contributed by atoms with Crippen LogP contribution in [0.3, 0.4) is 0 Å². The molecule has 0 radical (unpaired) electrons. The number of piperidine rings is 1. The summed E-state index contributed by atoms with van der Waals surface area (Å²) in [6.07, 6.45) is 2.14. The fourth-order valence-electron chi connectivity index (χ4n) is 5.03. The van der Waals surface area contributed by atoms with Gasteiger partial charge in [0.15, 0.2) is 0 Å². The van der Waals surface area contributed by atoms with Crippen molar-refractivity contribution >= 4 is 11.6 Å². The molecule has 1 aliphatic rings. The lowest BCUT2D eigenvalue weighted by Crippen LogP contribution is -2.47. The number of anilines is 1. The van der Waals surface area contributed by atoms with Crippen molar-refractivity contribution in [1.29, 1.82) is 0 Å². The maximum atomic E-state index is 13.1. The molecular formula is C28H37N5O2. The highest BCUT2D eigenvalue weighted by atomic mass is 16.2. The molecule has 1 aromatic heterocycles. The third-order valence-corrected chi connectivity index (χ3v) is 7.24. The molecule has 1 amide bonds. The van der Waals surface area contributed by atoms with Crippen LogP contribution in [0.1, 0.15) is 31.0 Å². The van der Waals surface area contributed by atoms with Gasteiger partial charge in [-0.15, -0.1) is 0 Å². The van der Waals surface area contributed by atoms with Crippen LogP contribution < -0.4 is 10.9 Å². The molecule has 7 heteroatoms. The highest BCUT2D eigenvalue weighted by Gasteiger charge is 2.28. The van der Waals surface area contributed by atoms with E-state index in [1.165, 1.54) is 5.56 Å². The summed E-state index contributed by atoms with van der Waals surface area (Å²) < 4.78 is 3.38. The van der Waals surface area contributed by atoms with E-state index in [0.717, 1.165) is 50.4 Å². The maximum Gasteiger partial charge on any atom is 0.295 e. The summed E-state index contributed by atoms with van der Waals surface area (Å²) in [6.45, 7) is 7.59. The Balaban J connectivity index is 1.33. The summed E-state index contributed by atoms with van der Waals surface area (Å²) in [5.74, 6) is 0.500. The van der Waals surface area contributed by atoms with Crippen molar-refractivity contribution < 1.29 is 4.79 Å². The number of nitrogens with zero attached hydrogens (tertiary/aromatic N) is 4. The number of aromatic nitrogens is 2. The number of para-hydroxylation sites is 1. The SMILES string of the molecule is Cc1c(NC(=O)C(C)N2CCC(CN(C)Cc3ccccc3)CC2)c(=O)n(-c2ccccc2)n1C. The minimum absolute atomic E-state index is 0.129. The van der Waals surface area contributed by atoms with Gasteiger partial charge >= 0.3 is 0 Å². The summed E-state index contributed by atoms with van der Waals surface area (Å²) in [6, 6.07) is 19.7. The van der Waals surface area contributed by atoms with E-state index in [4.69, 9.17) is 0 Å². The first-order valence-corrected chi connectivity index (χ1v) is 12.5. The van der Waals surface area contributed by atoms with Gasteiger partial charge in [0, 0.05) is 20.1 Å². The topological polar surface area (TPSA) is 62.5 Å². The van der Waals surface area contributed by atoms with E-state index in [2.05, 4.69) is 52.5 Å². The molecule has 1 fully saturated rings. The molecule has 35 heavy (non-hydrogen) atoms. The Bertz CT molecular complexity index is 1180. The minimum atomic E-state index is -0.290. The summed E-state index contributed by atoms with van der Waals surface area (Å²) in [4.78, 5) is 30.9. The Hall–Kier alpha value is -3.16. The highest BCUT2D eigenvalue weighted by Crippen LogP contribution is 2.21. The van der Waals surface area contributed by atoms with Gasteiger partial charge in [0.05, 0.1) is 17.4 Å². The molecular weight excluding hydrogens is 438 g/mol. The van der Waals surface area contributed by atoms with E-state index in [0.29, 0.717) is 11.6 Å². The molecule has 1 unspecified atom stereocenters. The number of likely N-dealkylation sites (tertiary alicyclic amines) is 1. The van der Waals surface area contributed by atoms with E-state index in [1.807, 2.05) is 51.2 Å². The normalized spacial score (nSPS) is 15.9. The van der Waals surface area contributed by atoms with Crippen molar-refractivity contribution in [2.24, 2.45) is 13.0 Å². The number of hydrogen-bond acceptors (Lipinski definition) is 4. The van der Waals surface area contributed by atoms with Crippen molar-refractivity contribution in [2.45, 2.75) is 39.3 Å². The molecule has 0 bridgehead atoms. The molecule has 1 atom stereocenters. The number of rotatable bonds is 8. The summed E-state index contributed by atoms with van der Waals surface area (Å²) in [5.41, 5.74) is 2.98. The van der Waals surface area contributed by atoms with E-state index < -0.39 is 0 Å². The predicted molar refractivity (Wildman–Crippen MR) is 141 cm³/mol. The van der Waals surface area contributed by atoms with Crippen molar-refractivity contribution in [3.63, 3.8) is 0 Å². The van der Waals surface area contributed by atoms with Gasteiger partial charge in [-0.3, -0.25) is 19.2 Å². The van der Waals surface area contributed by atoms with Crippen molar-refractivity contribution in [3.05, 3.63) is 82.3 Å². The van der Waals surface area contributed by atoms with Crippen LogP contribution >= 0.6 is 0 Å². The lowest BCUT2D eigenvalue weighted by Gasteiger charge is -2.36. The number of nitrogens with one attached hydrogen (secondary N) is 1. The van der Waals surface area contributed by atoms with Gasteiger partial charge in [-0.2, -0.15) is 0 Å². The van der Waals surface area contributed by atoms with E-state index >= 15 is 0 Å². The van der Waals surface area contributed by atoms with Crippen molar-refractivity contribution in [2.75, 3.05) is 32.0 Å². The van der Waals surface area contributed by atoms with Crippen LogP contribution in [0.5, 0.6) is 0 Å². The third kappa shape index (κ3) is 5.74. The van der Waals surface area contributed by atoms with Crippen LogP contribution in [-0.4, -0.2) is 57.8 Å². The Morgan fingerprint density at radius 1 is 1.06 bits per heavy atom. The Labute approximate surface area is 207 Å². The van der Waals surface area contributed by atoms with E-state index in [9.17, 15) is 9.59 Å². The average Bonchev–Trinajstić information content (AvgIpc) is 3.08. The molecule has 1 saturated heterocycles. The van der Waals surface area contributed by atoms with E-state index in [1.54, 1.807) is 9.36 Å². The lowest BCUT2D eigenvalue weighted by molar-refractivity contribution is -0.121. The molecule has 7 nitrogen and oxygen atoms in total. The minimum Gasteiger partial charge on any atom is -0.319 e. The molecule has 0 spiro atoms. The Kier molecular flexibility index (Phi) is 7.88. The molecule has 3 aromatic rings. The Morgan fingerprint density at radius 2 is 1.66 bits per heavy atom. The number of hydrogen-bond donors (Lipinski definition) is 1. The number of benzene rings is 2. The summed E-state index contributed by atoms with van der Waals surface area (Å²) >= 11 is 0. The number of carbonyl (C=O) groups excluding carboxylic acids is 1. The van der Waals surface area contributed by atoms with Crippen LogP contribution in [0.15, 0.2) is 65.5 Å². The van der Waals surface area contributed by atoms with Gasteiger partial charge in [-0.25, -0.2) is 4.68 Å². The maximum absolute atomic E-state index is 13.1. The van der Waals surface area contributed by atoms with E-state index in [-0.39, 0.29) is 17.5 Å². The second-order valence-electron chi connectivity index (χ2n) is 9.76. The van der Waals surface area contributed by atoms with Gasteiger partial charge in [0.1, 0.15) is 5.69 Å². The average molecular weight is 476 g/mol. The molecule has 4 rings (SSSR count). The van der Waals surface area contributed by atoms with Gasteiger partial charge in [0.2, 0.25) is 5.91 Å². The second-order valence-corrected chi connectivity index (χ2v) is 9.76. The number of amides is 1. The second kappa shape index (κ2) is 11.1. The monoisotopic (exact) mass is 475 g/mol. The Morgan fingerprint density at radius 3 is 2.29 bits per heavy atom. The fraction of sp³-hybridized carbons (Fsp3) is 0.429. The molecule has 2 heterocycles. The van der Waals surface area contributed by atoms with Crippen LogP contribution in [0.4, 0.5) is 5.69 Å². The van der Waals surface area contributed by atoms with Gasteiger partial charge < -0.3 is 10.2 Å². The molecule has 2 aromatic carbocycles. The zero-order chi connectivity index (χ0) is 24.9. The largest absolute Gasteiger partial charge is 0.319 e.